The van der Waals surface area contributed by atoms with Gasteiger partial charge in [0.2, 0.25) is 0 Å². The number of hydrogen-bond donors (Lipinski definition) is 2. The fourth-order valence-corrected chi connectivity index (χ4v) is 2.49. The van der Waals surface area contributed by atoms with Crippen molar-refractivity contribution < 1.29 is 9.90 Å². The van der Waals surface area contributed by atoms with E-state index >= 15 is 0 Å². The number of nitrogens with one attached hydrogen (secondary N) is 1. The van der Waals surface area contributed by atoms with E-state index in [1.54, 1.807) is 0 Å². The first-order valence-corrected chi connectivity index (χ1v) is 7.13. The Balaban J connectivity index is 2.10. The Labute approximate surface area is 125 Å². The Bertz CT molecular complexity index is 588. The maximum absolute atomic E-state index is 12.4. The van der Waals surface area contributed by atoms with Gasteiger partial charge < -0.3 is 10.4 Å². The summed E-state index contributed by atoms with van der Waals surface area (Å²) in [6, 6.07) is 15.4. The molecule has 0 aliphatic rings. The maximum atomic E-state index is 12.4. The van der Waals surface area contributed by atoms with Gasteiger partial charge in [-0.2, -0.15) is 0 Å². The average Bonchev–Trinajstić information content (AvgIpc) is 2.47. The van der Waals surface area contributed by atoms with Gasteiger partial charge >= 0.3 is 0 Å². The highest BCUT2D eigenvalue weighted by Gasteiger charge is 2.16. The van der Waals surface area contributed by atoms with Crippen molar-refractivity contribution in [3.05, 3.63) is 70.8 Å². The molecule has 2 N–H and O–H groups in total. The van der Waals surface area contributed by atoms with Crippen LogP contribution in [0.15, 0.2) is 48.5 Å². The predicted octanol–water partition coefficient (Wildman–Crippen LogP) is 2.64. The maximum Gasteiger partial charge on any atom is 0.252 e. The zero-order chi connectivity index (χ0) is 15.2. The predicted molar refractivity (Wildman–Crippen MR) is 84.4 cm³/mol. The summed E-state index contributed by atoms with van der Waals surface area (Å²) in [6.07, 6.45) is 0.619. The molecule has 0 fully saturated rings. The largest absolute Gasteiger partial charge is 0.394 e. The minimum atomic E-state index is -0.279. The summed E-state index contributed by atoms with van der Waals surface area (Å²) in [5.41, 5.74) is 3.69. The monoisotopic (exact) mass is 283 g/mol. The third-order valence-electron chi connectivity index (χ3n) is 3.59. The van der Waals surface area contributed by atoms with Gasteiger partial charge in [0.05, 0.1) is 12.6 Å². The van der Waals surface area contributed by atoms with Crippen molar-refractivity contribution in [2.75, 3.05) is 6.61 Å². The molecule has 0 unspecified atom stereocenters. The van der Waals surface area contributed by atoms with Gasteiger partial charge in [-0.15, -0.1) is 0 Å². The van der Waals surface area contributed by atoms with Crippen LogP contribution in [0.2, 0.25) is 0 Å². The van der Waals surface area contributed by atoms with Crippen LogP contribution >= 0.6 is 0 Å². The molecule has 3 heteroatoms. The molecule has 0 saturated carbocycles. The smallest absolute Gasteiger partial charge is 0.252 e. The van der Waals surface area contributed by atoms with Gasteiger partial charge in [-0.3, -0.25) is 4.79 Å². The minimum absolute atomic E-state index is 0.0778. The molecule has 1 atom stereocenters. The molecule has 0 radical (unpaired) electrons. The topological polar surface area (TPSA) is 49.3 Å². The second kappa shape index (κ2) is 7.04. The summed E-state index contributed by atoms with van der Waals surface area (Å²) in [7, 11) is 0. The molecule has 3 nitrogen and oxygen atoms in total. The van der Waals surface area contributed by atoms with E-state index in [0.29, 0.717) is 12.0 Å². The molecular weight excluding hydrogens is 262 g/mol. The Morgan fingerprint density at radius 2 is 1.67 bits per heavy atom. The van der Waals surface area contributed by atoms with Crippen molar-refractivity contribution >= 4 is 5.91 Å². The van der Waals surface area contributed by atoms with Crippen LogP contribution in [-0.4, -0.2) is 23.7 Å². The van der Waals surface area contributed by atoms with Crippen LogP contribution in [0.25, 0.3) is 0 Å². The van der Waals surface area contributed by atoms with Crippen LogP contribution in [-0.2, 0) is 6.42 Å². The molecular formula is C18H21NO2. The number of carbonyl (C=O) groups is 1. The SMILES string of the molecule is Cc1cccc(C)c1C(=O)N[C@@H](CO)Cc1ccccc1. The standard InChI is InChI=1S/C18H21NO2/c1-13-7-6-8-14(2)17(13)18(21)19-16(12-20)11-15-9-4-3-5-10-15/h3-10,16,20H,11-12H2,1-2H3,(H,19,21)/t16-/m1/s1. The lowest BCUT2D eigenvalue weighted by Gasteiger charge is -2.18. The number of rotatable bonds is 5. The van der Waals surface area contributed by atoms with Crippen LogP contribution in [0.1, 0.15) is 27.0 Å². The Morgan fingerprint density at radius 1 is 1.05 bits per heavy atom. The number of amides is 1. The van der Waals surface area contributed by atoms with E-state index < -0.39 is 0 Å². The zero-order valence-electron chi connectivity index (χ0n) is 12.5. The van der Waals surface area contributed by atoms with Gasteiger partial charge in [-0.25, -0.2) is 0 Å². The zero-order valence-corrected chi connectivity index (χ0v) is 12.5. The lowest BCUT2D eigenvalue weighted by Crippen LogP contribution is -2.39. The highest BCUT2D eigenvalue weighted by molar-refractivity contribution is 5.97. The van der Waals surface area contributed by atoms with E-state index in [1.807, 2.05) is 62.4 Å². The molecule has 2 rings (SSSR count). The number of hydrogen-bond acceptors (Lipinski definition) is 2. The van der Waals surface area contributed by atoms with Gasteiger partial charge in [-0.05, 0) is 37.0 Å². The molecule has 0 saturated heterocycles. The fraction of sp³-hybridized carbons (Fsp3) is 0.278. The molecule has 0 aromatic heterocycles. The van der Waals surface area contributed by atoms with Crippen LogP contribution in [0.3, 0.4) is 0 Å². The summed E-state index contributed by atoms with van der Waals surface area (Å²) in [5, 5.41) is 12.4. The molecule has 2 aromatic rings. The second-order valence-corrected chi connectivity index (χ2v) is 5.31. The summed E-state index contributed by atoms with van der Waals surface area (Å²) in [6.45, 7) is 3.77. The number of carbonyl (C=O) groups excluding carboxylic acids is 1. The third-order valence-corrected chi connectivity index (χ3v) is 3.59. The fourth-order valence-electron chi connectivity index (χ4n) is 2.49. The van der Waals surface area contributed by atoms with Gasteiger partial charge in [-0.1, -0.05) is 48.5 Å². The normalized spacial score (nSPS) is 12.0. The van der Waals surface area contributed by atoms with Crippen molar-refractivity contribution in [3.8, 4) is 0 Å². The first-order chi connectivity index (χ1) is 10.1. The number of aliphatic hydroxyl groups excluding tert-OH is 1. The Hall–Kier alpha value is -2.13. The van der Waals surface area contributed by atoms with Crippen LogP contribution < -0.4 is 5.32 Å². The van der Waals surface area contributed by atoms with E-state index in [4.69, 9.17) is 0 Å². The van der Waals surface area contributed by atoms with Crippen molar-refractivity contribution in [1.82, 2.24) is 5.32 Å². The molecule has 0 bridgehead atoms. The highest BCUT2D eigenvalue weighted by atomic mass is 16.3. The third kappa shape index (κ3) is 3.92. The molecule has 110 valence electrons. The van der Waals surface area contributed by atoms with Gasteiger partial charge in [0.15, 0.2) is 0 Å². The Morgan fingerprint density at radius 3 is 2.24 bits per heavy atom. The molecule has 0 aliphatic carbocycles. The van der Waals surface area contributed by atoms with Gasteiger partial charge in [0.1, 0.15) is 0 Å². The molecule has 2 aromatic carbocycles. The van der Waals surface area contributed by atoms with E-state index in [-0.39, 0.29) is 18.6 Å². The second-order valence-electron chi connectivity index (χ2n) is 5.31. The lowest BCUT2D eigenvalue weighted by atomic mass is 10.0. The average molecular weight is 283 g/mol. The van der Waals surface area contributed by atoms with Crippen molar-refractivity contribution in [2.24, 2.45) is 0 Å². The van der Waals surface area contributed by atoms with Crippen LogP contribution in [0, 0.1) is 13.8 Å². The van der Waals surface area contributed by atoms with E-state index in [2.05, 4.69) is 5.32 Å². The van der Waals surface area contributed by atoms with E-state index in [9.17, 15) is 9.90 Å². The van der Waals surface area contributed by atoms with Gasteiger partial charge in [0, 0.05) is 5.56 Å². The first-order valence-electron chi connectivity index (χ1n) is 7.13. The molecule has 0 heterocycles. The van der Waals surface area contributed by atoms with Crippen LogP contribution in [0.4, 0.5) is 0 Å². The lowest BCUT2D eigenvalue weighted by molar-refractivity contribution is 0.0915. The van der Waals surface area contributed by atoms with Crippen molar-refractivity contribution in [2.45, 2.75) is 26.3 Å². The number of aryl methyl sites for hydroxylation is 2. The number of benzene rings is 2. The molecule has 21 heavy (non-hydrogen) atoms. The molecule has 0 aliphatic heterocycles. The van der Waals surface area contributed by atoms with Gasteiger partial charge in [0.25, 0.3) is 5.91 Å². The van der Waals surface area contributed by atoms with E-state index in [0.717, 1.165) is 16.7 Å². The Kier molecular flexibility index (Phi) is 5.12. The summed E-state index contributed by atoms with van der Waals surface area (Å²) in [4.78, 5) is 12.4. The van der Waals surface area contributed by atoms with Crippen molar-refractivity contribution in [1.29, 1.82) is 0 Å². The molecule has 0 spiro atoms. The summed E-state index contributed by atoms with van der Waals surface area (Å²) in [5.74, 6) is -0.124. The quantitative estimate of drug-likeness (QED) is 0.886. The molecule has 1 amide bonds. The van der Waals surface area contributed by atoms with Crippen molar-refractivity contribution in [3.63, 3.8) is 0 Å². The first kappa shape index (κ1) is 15.3. The van der Waals surface area contributed by atoms with E-state index in [1.165, 1.54) is 0 Å². The highest BCUT2D eigenvalue weighted by Crippen LogP contribution is 2.13. The summed E-state index contributed by atoms with van der Waals surface area (Å²) >= 11 is 0. The number of aliphatic hydroxyl groups is 1. The minimum Gasteiger partial charge on any atom is -0.394 e. The van der Waals surface area contributed by atoms with Crippen LogP contribution in [0.5, 0.6) is 0 Å². The summed E-state index contributed by atoms with van der Waals surface area (Å²) < 4.78 is 0.